The van der Waals surface area contributed by atoms with E-state index in [1.54, 1.807) is 10.8 Å². The fraction of sp³-hybridized carbons (Fsp3) is 0.364. The molecule has 1 aromatic rings. The number of nitrogens with two attached hydrogens (primary N) is 2. The number of nitrogens with zero attached hydrogens (tertiary/aromatic N) is 2. The van der Waals surface area contributed by atoms with Crippen LogP contribution in [-0.4, -0.2) is 27.9 Å². The summed E-state index contributed by atoms with van der Waals surface area (Å²) in [5.41, 5.74) is 11.3. The molecule has 7 nitrogen and oxygen atoms in total. The highest BCUT2D eigenvalue weighted by atomic mass is 32.2. The molecule has 19 heavy (non-hydrogen) atoms. The molecular formula is C11H15N5O2S. The highest BCUT2D eigenvalue weighted by Crippen LogP contribution is 2.31. The van der Waals surface area contributed by atoms with Gasteiger partial charge in [-0.3, -0.25) is 9.59 Å². The van der Waals surface area contributed by atoms with Gasteiger partial charge in [0.25, 0.3) is 10.9 Å². The van der Waals surface area contributed by atoms with Crippen LogP contribution in [0.4, 0.5) is 11.6 Å². The molecule has 2 rings (SSSR count). The van der Waals surface area contributed by atoms with Crippen LogP contribution in [0.1, 0.15) is 12.5 Å². The van der Waals surface area contributed by atoms with Crippen LogP contribution in [0.25, 0.3) is 0 Å². The number of nitrogens with one attached hydrogen (secondary N) is 1. The van der Waals surface area contributed by atoms with E-state index in [4.69, 9.17) is 11.5 Å². The number of hydrogen-bond donors (Lipinski definition) is 3. The minimum Gasteiger partial charge on any atom is -0.385 e. The van der Waals surface area contributed by atoms with Crippen molar-refractivity contribution in [3.63, 3.8) is 0 Å². The standard InChI is InChI=1S/C11H15N5O2S/c1-3-16-8(12)4-7(17)6-5-14-11(19-2,10(13)18)15-9(6)16/h4-5,15H,3,12H2,1-2H3,(H2,13,18). The van der Waals surface area contributed by atoms with E-state index in [9.17, 15) is 9.59 Å². The number of fused-ring (bicyclic) bond motifs is 1. The third-order valence-electron chi connectivity index (χ3n) is 2.99. The molecule has 0 aromatic carbocycles. The van der Waals surface area contributed by atoms with Crippen LogP contribution in [0, 0.1) is 0 Å². The van der Waals surface area contributed by atoms with Crippen molar-refractivity contribution >= 4 is 35.5 Å². The summed E-state index contributed by atoms with van der Waals surface area (Å²) in [5, 5.41) is 2.93. The summed E-state index contributed by atoms with van der Waals surface area (Å²) < 4.78 is 1.70. The van der Waals surface area contributed by atoms with Crippen LogP contribution >= 0.6 is 11.8 Å². The molecule has 1 amide bonds. The lowest BCUT2D eigenvalue weighted by Crippen LogP contribution is -2.49. The smallest absolute Gasteiger partial charge is 0.277 e. The van der Waals surface area contributed by atoms with Gasteiger partial charge in [0, 0.05) is 18.8 Å². The average Bonchev–Trinajstić information content (AvgIpc) is 2.38. The fourth-order valence-electron chi connectivity index (χ4n) is 1.96. The Morgan fingerprint density at radius 3 is 2.84 bits per heavy atom. The molecule has 0 aliphatic carbocycles. The summed E-state index contributed by atoms with van der Waals surface area (Å²) in [6.45, 7) is 2.44. The molecule has 5 N–H and O–H groups in total. The lowest BCUT2D eigenvalue weighted by molar-refractivity contribution is -0.119. The second kappa shape index (κ2) is 4.61. The van der Waals surface area contributed by atoms with Crippen LogP contribution in [0.2, 0.25) is 0 Å². The van der Waals surface area contributed by atoms with E-state index in [0.29, 0.717) is 23.7 Å². The van der Waals surface area contributed by atoms with E-state index < -0.39 is 10.9 Å². The zero-order valence-electron chi connectivity index (χ0n) is 10.6. The first-order valence-electron chi connectivity index (χ1n) is 5.67. The quantitative estimate of drug-likeness (QED) is 0.709. The van der Waals surface area contributed by atoms with Gasteiger partial charge in [0.2, 0.25) is 0 Å². The summed E-state index contributed by atoms with van der Waals surface area (Å²) >= 11 is 1.16. The number of nitrogen functional groups attached to an aromatic ring is 1. The number of carbonyl (C=O) groups is 1. The monoisotopic (exact) mass is 281 g/mol. The summed E-state index contributed by atoms with van der Waals surface area (Å²) in [5.74, 6) is 0.170. The van der Waals surface area contributed by atoms with Gasteiger partial charge in [0.1, 0.15) is 11.6 Å². The molecule has 102 valence electrons. The number of aliphatic imine (C=N–C) groups is 1. The highest BCUT2D eigenvalue weighted by Gasteiger charge is 2.39. The summed E-state index contributed by atoms with van der Waals surface area (Å²) in [6, 6.07) is 1.34. The number of rotatable bonds is 3. The van der Waals surface area contributed by atoms with Crippen molar-refractivity contribution in [2.24, 2.45) is 10.7 Å². The van der Waals surface area contributed by atoms with E-state index in [1.807, 2.05) is 6.92 Å². The van der Waals surface area contributed by atoms with Gasteiger partial charge in [0.15, 0.2) is 5.43 Å². The predicted molar refractivity (Wildman–Crippen MR) is 77.4 cm³/mol. The van der Waals surface area contributed by atoms with Crippen molar-refractivity contribution in [2.75, 3.05) is 17.3 Å². The van der Waals surface area contributed by atoms with Crippen molar-refractivity contribution in [1.82, 2.24) is 4.57 Å². The molecule has 0 radical (unpaired) electrons. The molecule has 1 atom stereocenters. The number of aromatic nitrogens is 1. The average molecular weight is 281 g/mol. The lowest BCUT2D eigenvalue weighted by atomic mass is 10.2. The van der Waals surface area contributed by atoms with E-state index in [1.165, 1.54) is 12.3 Å². The fourth-order valence-corrected chi connectivity index (χ4v) is 2.52. The largest absolute Gasteiger partial charge is 0.385 e. The number of primary amides is 1. The number of hydrogen-bond acceptors (Lipinski definition) is 6. The zero-order valence-corrected chi connectivity index (χ0v) is 11.5. The summed E-state index contributed by atoms with van der Waals surface area (Å²) in [4.78, 5) is 26.3. The van der Waals surface area contributed by atoms with Crippen LogP contribution < -0.4 is 22.2 Å². The molecule has 0 saturated carbocycles. The molecule has 1 unspecified atom stereocenters. The van der Waals surface area contributed by atoms with Crippen molar-refractivity contribution in [2.45, 2.75) is 18.5 Å². The third-order valence-corrected chi connectivity index (χ3v) is 3.99. The molecular weight excluding hydrogens is 266 g/mol. The van der Waals surface area contributed by atoms with Gasteiger partial charge in [-0.2, -0.15) is 0 Å². The Hall–Kier alpha value is -1.96. The molecule has 1 aliphatic rings. The van der Waals surface area contributed by atoms with Crippen molar-refractivity contribution in [1.29, 1.82) is 0 Å². The van der Waals surface area contributed by atoms with Gasteiger partial charge < -0.3 is 21.4 Å². The lowest BCUT2D eigenvalue weighted by Gasteiger charge is -2.32. The second-order valence-electron chi connectivity index (χ2n) is 4.04. The van der Waals surface area contributed by atoms with E-state index in [0.717, 1.165) is 11.8 Å². The predicted octanol–water partition coefficient (Wildman–Crippen LogP) is -0.203. The van der Waals surface area contributed by atoms with E-state index in [-0.39, 0.29) is 5.43 Å². The molecule has 1 aliphatic heterocycles. The van der Waals surface area contributed by atoms with E-state index in [2.05, 4.69) is 10.3 Å². The normalized spacial score (nSPS) is 20.7. The number of thioether (sulfide) groups is 1. The minimum atomic E-state index is -1.30. The number of anilines is 2. The van der Waals surface area contributed by atoms with Gasteiger partial charge >= 0.3 is 0 Å². The van der Waals surface area contributed by atoms with Crippen LogP contribution in [0.5, 0.6) is 0 Å². The summed E-state index contributed by atoms with van der Waals surface area (Å²) in [7, 11) is 0. The summed E-state index contributed by atoms with van der Waals surface area (Å²) in [6.07, 6.45) is 3.09. The Morgan fingerprint density at radius 2 is 2.32 bits per heavy atom. The van der Waals surface area contributed by atoms with Crippen molar-refractivity contribution < 1.29 is 4.79 Å². The number of amides is 1. The Balaban J connectivity index is 2.68. The third kappa shape index (κ3) is 1.97. The topological polar surface area (TPSA) is 115 Å². The van der Waals surface area contributed by atoms with Gasteiger partial charge in [0.05, 0.1) is 5.56 Å². The molecule has 0 fully saturated rings. The highest BCUT2D eigenvalue weighted by molar-refractivity contribution is 8.00. The minimum absolute atomic E-state index is 0.243. The maximum Gasteiger partial charge on any atom is 0.277 e. The number of carbonyl (C=O) groups excluding carboxylic acids is 1. The first-order chi connectivity index (χ1) is 8.95. The SMILES string of the molecule is CCn1c(N)cc(=O)c2c1NC(SC)(C(N)=O)N=C2. The molecule has 0 spiro atoms. The maximum atomic E-state index is 11.9. The molecule has 0 bridgehead atoms. The van der Waals surface area contributed by atoms with Crippen LogP contribution in [-0.2, 0) is 11.3 Å². The zero-order chi connectivity index (χ0) is 14.2. The first kappa shape index (κ1) is 13.5. The molecule has 2 heterocycles. The molecule has 0 saturated heterocycles. The van der Waals surface area contributed by atoms with E-state index >= 15 is 0 Å². The van der Waals surface area contributed by atoms with Crippen LogP contribution in [0.15, 0.2) is 15.9 Å². The van der Waals surface area contributed by atoms with Gasteiger partial charge in [-0.05, 0) is 13.2 Å². The van der Waals surface area contributed by atoms with Crippen LogP contribution in [0.3, 0.4) is 0 Å². The maximum absolute atomic E-state index is 11.9. The number of pyridine rings is 1. The molecule has 1 aromatic heterocycles. The van der Waals surface area contributed by atoms with Gasteiger partial charge in [-0.15, -0.1) is 11.8 Å². The Bertz CT molecular complexity index is 624. The molecule has 8 heteroatoms. The second-order valence-corrected chi connectivity index (χ2v) is 5.03. The Kier molecular flexibility index (Phi) is 3.27. The Morgan fingerprint density at radius 1 is 1.63 bits per heavy atom. The van der Waals surface area contributed by atoms with Gasteiger partial charge in [-0.1, -0.05) is 0 Å². The first-order valence-corrected chi connectivity index (χ1v) is 6.89. The Labute approximate surface area is 114 Å². The van der Waals surface area contributed by atoms with Crippen molar-refractivity contribution in [3.05, 3.63) is 21.9 Å². The van der Waals surface area contributed by atoms with Crippen molar-refractivity contribution in [3.8, 4) is 0 Å². The van der Waals surface area contributed by atoms with Gasteiger partial charge in [-0.25, -0.2) is 4.99 Å².